The van der Waals surface area contributed by atoms with Gasteiger partial charge < -0.3 is 9.97 Å². The Hall–Kier alpha value is -3.85. The summed E-state index contributed by atoms with van der Waals surface area (Å²) in [5, 5.41) is 0. The molecule has 1 aromatic carbocycles. The molecular formula is C37H41N3. The number of nitrogens with zero attached hydrogens (tertiary/aromatic N) is 1. The van der Waals surface area contributed by atoms with Gasteiger partial charge in [-0.1, -0.05) is 64.8 Å². The Morgan fingerprint density at radius 2 is 1.20 bits per heavy atom. The van der Waals surface area contributed by atoms with E-state index in [0.717, 1.165) is 49.9 Å². The molecule has 8 bridgehead atoms. The van der Waals surface area contributed by atoms with Crippen LogP contribution in [-0.4, -0.2) is 15.0 Å². The van der Waals surface area contributed by atoms with E-state index < -0.39 is 0 Å². The van der Waals surface area contributed by atoms with Gasteiger partial charge in [0.25, 0.3) is 0 Å². The van der Waals surface area contributed by atoms with Crippen LogP contribution in [0.15, 0.2) is 54.6 Å². The molecule has 0 amide bonds. The molecule has 3 heteroatoms. The van der Waals surface area contributed by atoms with Crippen molar-refractivity contribution >= 4 is 33.2 Å². The van der Waals surface area contributed by atoms with Gasteiger partial charge in [0.05, 0.1) is 11.4 Å². The van der Waals surface area contributed by atoms with Crippen LogP contribution < -0.4 is 0 Å². The summed E-state index contributed by atoms with van der Waals surface area (Å²) in [7, 11) is 0. The molecule has 2 N–H and O–H groups in total. The summed E-state index contributed by atoms with van der Waals surface area (Å²) in [5.41, 5.74) is 20.3. The van der Waals surface area contributed by atoms with Gasteiger partial charge in [0.1, 0.15) is 0 Å². The number of fused-ring (bicyclic) bond motifs is 11. The zero-order valence-corrected chi connectivity index (χ0v) is 24.9. The fraction of sp³-hybridized carbons (Fsp3) is 0.324. The van der Waals surface area contributed by atoms with Crippen molar-refractivity contribution in [2.24, 2.45) is 0 Å². The van der Waals surface area contributed by atoms with Crippen molar-refractivity contribution in [3.8, 4) is 22.3 Å². The topological polar surface area (TPSA) is 44.5 Å². The standard InChI is InChI=1S/C37H41N3/c1-7-13-28-22(5)32-20-36-26(9-3)27(10-4)37(40-36)21-33-23(6)29(14-8-2)35(39-33)19-25-17-24(18-34(28)38-32)30-15-11-12-16-31(25)30/h11-12,15-21,38,40H,7-10,13-14H2,1-6H3. The second-order valence-corrected chi connectivity index (χ2v) is 11.3. The van der Waals surface area contributed by atoms with Crippen LogP contribution in [0.2, 0.25) is 0 Å². The number of hydrogen-bond acceptors (Lipinski definition) is 1. The van der Waals surface area contributed by atoms with Crippen LogP contribution in [0.3, 0.4) is 0 Å². The number of nitrogens with one attached hydrogen (secondary N) is 2. The number of H-pyrrole nitrogens is 2. The number of hydrogen-bond donors (Lipinski definition) is 2. The predicted octanol–water partition coefficient (Wildman–Crippen LogP) is 10.4. The number of aryl methyl sites for hydroxylation is 4. The molecule has 3 nitrogen and oxygen atoms in total. The highest BCUT2D eigenvalue weighted by molar-refractivity contribution is 5.96. The largest absolute Gasteiger partial charge is 0.355 e. The van der Waals surface area contributed by atoms with E-state index in [1.165, 1.54) is 77.7 Å². The van der Waals surface area contributed by atoms with E-state index in [4.69, 9.17) is 4.98 Å². The van der Waals surface area contributed by atoms with Crippen LogP contribution >= 0.6 is 0 Å². The minimum atomic E-state index is 0.992. The molecule has 0 atom stereocenters. The summed E-state index contributed by atoms with van der Waals surface area (Å²) in [4.78, 5) is 12.9. The first-order valence-electron chi connectivity index (χ1n) is 15.2. The quantitative estimate of drug-likeness (QED) is 0.227. The lowest BCUT2D eigenvalue weighted by Gasteiger charge is -2.03. The number of rotatable bonds is 6. The molecule has 4 aromatic rings. The Labute approximate surface area is 238 Å². The molecule has 0 unspecified atom stereocenters. The SMILES string of the molecule is CCCC1=C(C)c2cc3[nH]c(cc4[nH]c(cc5cc(cc1n2)-c1ccccc1-5)c(CCC)c4C)c(CC)c3CC. The average Bonchev–Trinajstić information content (AvgIpc) is 3.64. The van der Waals surface area contributed by atoms with Gasteiger partial charge in [-0.3, -0.25) is 0 Å². The minimum Gasteiger partial charge on any atom is -0.355 e. The lowest BCUT2D eigenvalue weighted by atomic mass is 9.99. The maximum Gasteiger partial charge on any atom is 0.0690 e. The highest BCUT2D eigenvalue weighted by atomic mass is 14.8. The Kier molecular flexibility index (Phi) is 7.00. The number of aromatic amines is 2. The number of benzene rings is 1. The predicted molar refractivity (Wildman–Crippen MR) is 173 cm³/mol. The molecule has 0 radical (unpaired) electrons. The van der Waals surface area contributed by atoms with E-state index in [0.29, 0.717) is 0 Å². The minimum absolute atomic E-state index is 0.992. The highest BCUT2D eigenvalue weighted by Crippen LogP contribution is 2.41. The number of aromatic nitrogens is 3. The van der Waals surface area contributed by atoms with Gasteiger partial charge in [0.15, 0.2) is 0 Å². The van der Waals surface area contributed by atoms with Gasteiger partial charge in [-0.25, -0.2) is 4.98 Å². The van der Waals surface area contributed by atoms with Gasteiger partial charge >= 0.3 is 0 Å². The van der Waals surface area contributed by atoms with Crippen molar-refractivity contribution in [3.05, 3.63) is 88.2 Å². The molecule has 1 aliphatic heterocycles. The normalized spacial score (nSPS) is 12.8. The molecule has 0 saturated carbocycles. The molecule has 0 saturated heterocycles. The summed E-state index contributed by atoms with van der Waals surface area (Å²) >= 11 is 0. The van der Waals surface area contributed by atoms with Gasteiger partial charge in [-0.2, -0.15) is 0 Å². The summed E-state index contributed by atoms with van der Waals surface area (Å²) < 4.78 is 0. The van der Waals surface area contributed by atoms with E-state index in [2.05, 4.69) is 106 Å². The van der Waals surface area contributed by atoms with Crippen molar-refractivity contribution < 1.29 is 0 Å². The highest BCUT2D eigenvalue weighted by Gasteiger charge is 2.20. The maximum absolute atomic E-state index is 5.27. The molecule has 4 heterocycles. The number of allylic oxidation sites excluding steroid dienone is 2. The monoisotopic (exact) mass is 527 g/mol. The van der Waals surface area contributed by atoms with Crippen molar-refractivity contribution in [3.63, 3.8) is 0 Å². The Morgan fingerprint density at radius 1 is 0.600 bits per heavy atom. The molecular weight excluding hydrogens is 486 g/mol. The van der Waals surface area contributed by atoms with Crippen molar-refractivity contribution in [2.75, 3.05) is 0 Å². The van der Waals surface area contributed by atoms with Crippen LogP contribution in [-0.2, 0) is 19.3 Å². The van der Waals surface area contributed by atoms with E-state index in [-0.39, 0.29) is 0 Å². The third kappa shape index (κ3) is 4.33. The summed E-state index contributed by atoms with van der Waals surface area (Å²) in [5.74, 6) is 0. The molecule has 0 fully saturated rings. The summed E-state index contributed by atoms with van der Waals surface area (Å²) in [6.45, 7) is 13.6. The zero-order chi connectivity index (χ0) is 28.0. The Balaban J connectivity index is 1.80. The van der Waals surface area contributed by atoms with Gasteiger partial charge in [0, 0.05) is 22.1 Å². The van der Waals surface area contributed by atoms with Crippen LogP contribution in [0.5, 0.6) is 0 Å². The second kappa shape index (κ2) is 10.6. The Bertz CT molecular complexity index is 1810. The van der Waals surface area contributed by atoms with Crippen LogP contribution in [0.4, 0.5) is 0 Å². The van der Waals surface area contributed by atoms with Crippen molar-refractivity contribution in [1.82, 2.24) is 15.0 Å². The third-order valence-electron chi connectivity index (χ3n) is 8.85. The molecule has 0 spiro atoms. The first kappa shape index (κ1) is 26.4. The first-order valence-corrected chi connectivity index (χ1v) is 15.2. The first-order chi connectivity index (χ1) is 19.5. The third-order valence-corrected chi connectivity index (χ3v) is 8.85. The molecule has 6 rings (SSSR count). The smallest absolute Gasteiger partial charge is 0.0690 e. The lowest BCUT2D eigenvalue weighted by Crippen LogP contribution is -1.86. The molecule has 204 valence electrons. The molecule has 3 aromatic heterocycles. The van der Waals surface area contributed by atoms with E-state index >= 15 is 0 Å². The van der Waals surface area contributed by atoms with Gasteiger partial charge in [-0.05, 0) is 126 Å². The van der Waals surface area contributed by atoms with Crippen molar-refractivity contribution in [1.29, 1.82) is 0 Å². The molecule has 1 aliphatic carbocycles. The van der Waals surface area contributed by atoms with E-state index in [9.17, 15) is 0 Å². The van der Waals surface area contributed by atoms with Gasteiger partial charge in [0.2, 0.25) is 0 Å². The average molecular weight is 528 g/mol. The van der Waals surface area contributed by atoms with Crippen LogP contribution in [0.25, 0.3) is 55.5 Å². The molecule has 40 heavy (non-hydrogen) atoms. The Morgan fingerprint density at radius 3 is 1.85 bits per heavy atom. The summed E-state index contributed by atoms with van der Waals surface area (Å²) in [6.07, 6.45) is 6.30. The lowest BCUT2D eigenvalue weighted by molar-refractivity contribution is 0.924. The van der Waals surface area contributed by atoms with E-state index in [1.807, 2.05) is 0 Å². The van der Waals surface area contributed by atoms with Crippen molar-refractivity contribution in [2.45, 2.75) is 80.1 Å². The summed E-state index contributed by atoms with van der Waals surface area (Å²) in [6, 6.07) is 20.5. The van der Waals surface area contributed by atoms with E-state index in [1.54, 1.807) is 0 Å². The second-order valence-electron chi connectivity index (χ2n) is 11.3. The fourth-order valence-electron chi connectivity index (χ4n) is 6.78. The maximum atomic E-state index is 5.27. The van der Waals surface area contributed by atoms with Gasteiger partial charge in [-0.15, -0.1) is 0 Å². The molecule has 2 aliphatic rings. The zero-order valence-electron chi connectivity index (χ0n) is 24.9. The van der Waals surface area contributed by atoms with Crippen LogP contribution in [0.1, 0.15) is 87.5 Å². The van der Waals surface area contributed by atoms with Crippen LogP contribution in [0, 0.1) is 6.92 Å². The fourth-order valence-corrected chi connectivity index (χ4v) is 6.78.